The summed E-state index contributed by atoms with van der Waals surface area (Å²) in [6, 6.07) is -0.953. The normalized spacial score (nSPS) is 21.0. The Kier molecular flexibility index (Phi) is 4.79. The first-order chi connectivity index (χ1) is 8.70. The highest BCUT2D eigenvalue weighted by atomic mass is 16.4. The molecule has 0 saturated carbocycles. The highest BCUT2D eigenvalue weighted by molar-refractivity contribution is 5.82. The predicted octanol–water partition coefficient (Wildman–Crippen LogP) is 0.927. The molecule has 1 aliphatic heterocycles. The van der Waals surface area contributed by atoms with E-state index in [0.717, 1.165) is 6.54 Å². The van der Waals surface area contributed by atoms with Crippen molar-refractivity contribution in [1.82, 2.24) is 14.7 Å². The molecule has 1 heterocycles. The van der Waals surface area contributed by atoms with Crippen LogP contribution in [0.3, 0.4) is 0 Å². The highest BCUT2D eigenvalue weighted by Gasteiger charge is 2.36. The zero-order valence-electron chi connectivity index (χ0n) is 12.5. The van der Waals surface area contributed by atoms with Crippen LogP contribution in [-0.4, -0.2) is 77.1 Å². The molecule has 0 aromatic carbocycles. The van der Waals surface area contributed by atoms with Gasteiger partial charge in [0.1, 0.15) is 6.04 Å². The third kappa shape index (κ3) is 3.37. The number of rotatable bonds is 3. The smallest absolute Gasteiger partial charge is 0.326 e. The van der Waals surface area contributed by atoms with E-state index in [-0.39, 0.29) is 11.6 Å². The Morgan fingerprint density at radius 1 is 1.37 bits per heavy atom. The Labute approximate surface area is 115 Å². The second kappa shape index (κ2) is 5.77. The van der Waals surface area contributed by atoms with Crippen LogP contribution in [0.25, 0.3) is 0 Å². The first kappa shape index (κ1) is 15.8. The minimum absolute atomic E-state index is 0.0836. The van der Waals surface area contributed by atoms with Crippen molar-refractivity contribution in [2.24, 2.45) is 0 Å². The van der Waals surface area contributed by atoms with Crippen molar-refractivity contribution in [3.05, 3.63) is 0 Å². The average Bonchev–Trinajstić information content (AvgIpc) is 2.31. The maximum Gasteiger partial charge on any atom is 0.326 e. The number of nitrogens with zero attached hydrogens (tertiary/aromatic N) is 3. The maximum absolute atomic E-state index is 12.4. The molecule has 0 spiro atoms. The van der Waals surface area contributed by atoms with E-state index in [1.54, 1.807) is 18.9 Å². The van der Waals surface area contributed by atoms with Crippen LogP contribution in [0.2, 0.25) is 0 Å². The molecule has 1 aliphatic rings. The molecule has 6 nitrogen and oxygen atoms in total. The third-order valence-electron chi connectivity index (χ3n) is 4.03. The summed E-state index contributed by atoms with van der Waals surface area (Å²) in [6.45, 7) is 8.00. The van der Waals surface area contributed by atoms with E-state index in [2.05, 4.69) is 18.7 Å². The summed E-state index contributed by atoms with van der Waals surface area (Å²) >= 11 is 0. The van der Waals surface area contributed by atoms with Crippen LogP contribution in [0.5, 0.6) is 0 Å². The highest BCUT2D eigenvalue weighted by Crippen LogP contribution is 2.20. The number of carbonyl (C=O) groups excluding carboxylic acids is 1. The molecular weight excluding hydrogens is 246 g/mol. The largest absolute Gasteiger partial charge is 0.480 e. The average molecular weight is 271 g/mol. The molecule has 1 atom stereocenters. The molecule has 19 heavy (non-hydrogen) atoms. The number of carboxylic acid groups (broad SMARTS) is 1. The summed E-state index contributed by atoms with van der Waals surface area (Å²) in [6.07, 6.45) is 0.411. The molecule has 1 N–H and O–H groups in total. The van der Waals surface area contributed by atoms with E-state index in [1.807, 2.05) is 7.05 Å². The number of aliphatic carboxylic acids is 1. The van der Waals surface area contributed by atoms with Crippen molar-refractivity contribution >= 4 is 12.0 Å². The molecule has 1 saturated heterocycles. The van der Waals surface area contributed by atoms with Gasteiger partial charge in [0, 0.05) is 32.2 Å². The fourth-order valence-electron chi connectivity index (χ4n) is 2.37. The Balaban J connectivity index is 2.75. The number of carbonyl (C=O) groups is 2. The fourth-order valence-corrected chi connectivity index (χ4v) is 2.37. The molecule has 1 rings (SSSR count). The molecule has 6 heteroatoms. The number of carboxylic acids is 1. The summed E-state index contributed by atoms with van der Waals surface area (Å²) in [4.78, 5) is 28.8. The van der Waals surface area contributed by atoms with Gasteiger partial charge in [-0.1, -0.05) is 6.92 Å². The Morgan fingerprint density at radius 2 is 1.95 bits per heavy atom. The monoisotopic (exact) mass is 271 g/mol. The number of amides is 2. The van der Waals surface area contributed by atoms with Gasteiger partial charge in [-0.05, 0) is 27.3 Å². The van der Waals surface area contributed by atoms with Crippen LogP contribution in [0.15, 0.2) is 0 Å². The fraction of sp³-hybridized carbons (Fsp3) is 0.846. The summed E-state index contributed by atoms with van der Waals surface area (Å²) in [5.74, 6) is -0.952. The van der Waals surface area contributed by atoms with Gasteiger partial charge in [-0.3, -0.25) is 4.90 Å². The Hall–Kier alpha value is -1.30. The van der Waals surface area contributed by atoms with E-state index in [1.165, 1.54) is 4.90 Å². The summed E-state index contributed by atoms with van der Waals surface area (Å²) in [5.41, 5.74) is -0.0836. The van der Waals surface area contributed by atoms with Gasteiger partial charge in [-0.15, -0.1) is 0 Å². The van der Waals surface area contributed by atoms with Crippen molar-refractivity contribution in [1.29, 1.82) is 0 Å². The molecule has 0 radical (unpaired) electrons. The number of hydrogen-bond donors (Lipinski definition) is 1. The van der Waals surface area contributed by atoms with Crippen LogP contribution in [0, 0.1) is 0 Å². The van der Waals surface area contributed by atoms with Gasteiger partial charge in [0.25, 0.3) is 0 Å². The molecule has 1 unspecified atom stereocenters. The molecule has 2 amide bonds. The van der Waals surface area contributed by atoms with Crippen molar-refractivity contribution in [3.8, 4) is 0 Å². The predicted molar refractivity (Wildman–Crippen MR) is 73.2 cm³/mol. The van der Waals surface area contributed by atoms with Crippen LogP contribution < -0.4 is 0 Å². The zero-order chi connectivity index (χ0) is 14.8. The molecule has 0 aliphatic carbocycles. The number of piperazine rings is 1. The van der Waals surface area contributed by atoms with Crippen molar-refractivity contribution in [2.45, 2.75) is 38.8 Å². The van der Waals surface area contributed by atoms with Gasteiger partial charge < -0.3 is 14.9 Å². The van der Waals surface area contributed by atoms with E-state index in [9.17, 15) is 9.59 Å². The zero-order valence-corrected chi connectivity index (χ0v) is 12.5. The standard InChI is InChI=1S/C13H25N3O3/c1-6-10(11(17)18)15(5)12(19)16-8-7-14(4)13(2,3)9-16/h10H,6-9H2,1-5H3,(H,17,18). The van der Waals surface area contributed by atoms with E-state index >= 15 is 0 Å². The van der Waals surface area contributed by atoms with Gasteiger partial charge in [-0.2, -0.15) is 0 Å². The molecule has 0 aromatic rings. The lowest BCUT2D eigenvalue weighted by atomic mass is 10.00. The lowest BCUT2D eigenvalue weighted by Crippen LogP contribution is -2.61. The van der Waals surface area contributed by atoms with E-state index in [0.29, 0.717) is 19.5 Å². The first-order valence-electron chi connectivity index (χ1n) is 6.66. The van der Waals surface area contributed by atoms with E-state index < -0.39 is 12.0 Å². The summed E-state index contributed by atoms with van der Waals surface area (Å²) in [5, 5.41) is 9.12. The SMILES string of the molecule is CCC(C(=O)O)N(C)C(=O)N1CCN(C)C(C)(C)C1. The minimum Gasteiger partial charge on any atom is -0.480 e. The third-order valence-corrected chi connectivity index (χ3v) is 4.03. The van der Waals surface area contributed by atoms with Gasteiger partial charge >= 0.3 is 12.0 Å². The lowest BCUT2D eigenvalue weighted by molar-refractivity contribution is -0.142. The van der Waals surface area contributed by atoms with Crippen LogP contribution in [0.4, 0.5) is 4.79 Å². The molecule has 0 aromatic heterocycles. The Bertz CT molecular complexity index is 357. The quantitative estimate of drug-likeness (QED) is 0.829. The Morgan fingerprint density at radius 3 is 2.37 bits per heavy atom. The number of hydrogen-bond acceptors (Lipinski definition) is 3. The van der Waals surface area contributed by atoms with Crippen molar-refractivity contribution in [2.75, 3.05) is 33.7 Å². The second-order valence-corrected chi connectivity index (χ2v) is 5.81. The van der Waals surface area contributed by atoms with Crippen LogP contribution in [-0.2, 0) is 4.79 Å². The van der Waals surface area contributed by atoms with Gasteiger partial charge in [-0.25, -0.2) is 9.59 Å². The summed E-state index contributed by atoms with van der Waals surface area (Å²) < 4.78 is 0. The van der Waals surface area contributed by atoms with Crippen LogP contribution >= 0.6 is 0 Å². The van der Waals surface area contributed by atoms with E-state index in [4.69, 9.17) is 5.11 Å². The number of urea groups is 1. The molecule has 110 valence electrons. The molecule has 1 fully saturated rings. The van der Waals surface area contributed by atoms with Gasteiger partial charge in [0.05, 0.1) is 0 Å². The first-order valence-corrected chi connectivity index (χ1v) is 6.66. The number of likely N-dealkylation sites (N-methyl/N-ethyl adjacent to an activating group) is 2. The second-order valence-electron chi connectivity index (χ2n) is 5.81. The lowest BCUT2D eigenvalue weighted by Gasteiger charge is -2.46. The van der Waals surface area contributed by atoms with Gasteiger partial charge in [0.2, 0.25) is 0 Å². The molecule has 0 bridgehead atoms. The van der Waals surface area contributed by atoms with Gasteiger partial charge in [0.15, 0.2) is 0 Å². The van der Waals surface area contributed by atoms with Crippen molar-refractivity contribution < 1.29 is 14.7 Å². The minimum atomic E-state index is -0.952. The van der Waals surface area contributed by atoms with Crippen molar-refractivity contribution in [3.63, 3.8) is 0 Å². The summed E-state index contributed by atoms with van der Waals surface area (Å²) in [7, 11) is 3.60. The van der Waals surface area contributed by atoms with Crippen LogP contribution in [0.1, 0.15) is 27.2 Å². The topological polar surface area (TPSA) is 64.1 Å². The molecular formula is C13H25N3O3. The maximum atomic E-state index is 12.4.